The molecule has 2 aliphatic carbocycles. The van der Waals surface area contributed by atoms with Gasteiger partial charge in [0.1, 0.15) is 0 Å². The Labute approximate surface area is 163 Å². The Morgan fingerprint density at radius 2 is 1.89 bits per heavy atom. The maximum Gasteiger partial charge on any atom is 0.365 e. The largest absolute Gasteiger partial charge is 0.365 e. The molecule has 0 aliphatic heterocycles. The average molecular weight is 387 g/mol. The van der Waals surface area contributed by atoms with Gasteiger partial charge in [-0.25, -0.2) is 4.79 Å². The van der Waals surface area contributed by atoms with Crippen LogP contribution in [0.1, 0.15) is 50.4 Å². The van der Waals surface area contributed by atoms with E-state index >= 15 is 0 Å². The highest BCUT2D eigenvalue weighted by Gasteiger charge is 2.72. The first-order valence-corrected chi connectivity index (χ1v) is 9.21. The van der Waals surface area contributed by atoms with Gasteiger partial charge in [-0.15, -0.1) is 0 Å². The minimum atomic E-state index is -0.756. The minimum Gasteiger partial charge on any atom is -0.348 e. The highest BCUT2D eigenvalue weighted by atomic mass is 16.7. The number of benzene rings is 1. The molecule has 2 bridgehead atoms. The summed E-state index contributed by atoms with van der Waals surface area (Å²) < 4.78 is 0. The van der Waals surface area contributed by atoms with Crippen molar-refractivity contribution in [1.29, 1.82) is 0 Å². The number of oxime groups is 1. The Hall–Kier alpha value is -2.77. The number of nitro benzene ring substituents is 1. The number of fused-ring (bicyclic) bond motifs is 2. The van der Waals surface area contributed by atoms with E-state index in [9.17, 15) is 19.7 Å². The zero-order valence-corrected chi connectivity index (χ0v) is 16.8. The molecule has 2 saturated carbocycles. The first-order chi connectivity index (χ1) is 13.0. The minimum absolute atomic E-state index is 0.0604. The fourth-order valence-electron chi connectivity index (χ4n) is 4.82. The van der Waals surface area contributed by atoms with Gasteiger partial charge in [-0.3, -0.25) is 14.9 Å². The second kappa shape index (κ2) is 6.39. The fraction of sp³-hybridized carbons (Fsp3) is 0.550. The Bertz CT molecular complexity index is 892. The van der Waals surface area contributed by atoms with E-state index in [2.05, 4.69) is 25.9 Å². The molecule has 0 N–H and O–H groups in total. The maximum absolute atomic E-state index is 13.0. The Morgan fingerprint density at radius 3 is 2.50 bits per heavy atom. The van der Waals surface area contributed by atoms with Crippen LogP contribution in [-0.2, 0) is 9.63 Å². The van der Waals surface area contributed by atoms with Gasteiger partial charge >= 0.3 is 5.97 Å². The fourth-order valence-corrected chi connectivity index (χ4v) is 4.82. The number of nitro groups is 1. The number of hydrogen-bond donors (Lipinski definition) is 0. The van der Waals surface area contributed by atoms with Crippen molar-refractivity contribution in [3.05, 3.63) is 39.9 Å². The first kappa shape index (κ1) is 20.0. The van der Waals surface area contributed by atoms with Crippen LogP contribution in [0.4, 0.5) is 5.69 Å². The summed E-state index contributed by atoms with van der Waals surface area (Å²) in [5, 5.41) is 15.0. The number of nitrogens with zero attached hydrogens (tertiary/aromatic N) is 3. The van der Waals surface area contributed by atoms with E-state index in [1.165, 1.54) is 18.2 Å². The van der Waals surface area contributed by atoms with Crippen LogP contribution >= 0.6 is 0 Å². The van der Waals surface area contributed by atoms with Crippen LogP contribution < -0.4 is 0 Å². The quantitative estimate of drug-likeness (QED) is 0.447. The Kier molecular flexibility index (Phi) is 4.56. The molecule has 1 amide bonds. The molecule has 8 nitrogen and oxygen atoms in total. The summed E-state index contributed by atoms with van der Waals surface area (Å²) in [5.41, 5.74) is -0.699. The average Bonchev–Trinajstić information content (AvgIpc) is 2.95. The van der Waals surface area contributed by atoms with Crippen LogP contribution in [0.3, 0.4) is 0 Å². The third kappa shape index (κ3) is 2.62. The van der Waals surface area contributed by atoms with Gasteiger partial charge in [-0.05, 0) is 24.3 Å². The van der Waals surface area contributed by atoms with E-state index in [0.29, 0.717) is 12.1 Å². The van der Waals surface area contributed by atoms with Gasteiger partial charge in [0.15, 0.2) is 0 Å². The van der Waals surface area contributed by atoms with Gasteiger partial charge in [0.05, 0.1) is 21.6 Å². The van der Waals surface area contributed by atoms with Crippen LogP contribution in [0.25, 0.3) is 0 Å². The molecule has 2 fully saturated rings. The van der Waals surface area contributed by atoms with Gasteiger partial charge in [-0.1, -0.05) is 32.0 Å². The predicted octanol–water partition coefficient (Wildman–Crippen LogP) is 3.41. The molecular weight excluding hydrogens is 362 g/mol. The van der Waals surface area contributed by atoms with Crippen molar-refractivity contribution in [2.45, 2.75) is 40.0 Å². The van der Waals surface area contributed by atoms with Gasteiger partial charge in [0.25, 0.3) is 5.69 Å². The molecular formula is C20H25N3O5. The summed E-state index contributed by atoms with van der Waals surface area (Å²) in [4.78, 5) is 42.4. The highest BCUT2D eigenvalue weighted by molar-refractivity contribution is 6.02. The molecule has 0 heterocycles. The van der Waals surface area contributed by atoms with Crippen molar-refractivity contribution in [2.24, 2.45) is 21.4 Å². The SMILES string of the molecule is CN(C)C(=O)C12CCC(C)(C(=NOC(=O)c3cccc([N+](=O)[O-])c3)C1)C2(C)C. The van der Waals surface area contributed by atoms with Crippen molar-refractivity contribution in [1.82, 2.24) is 4.90 Å². The molecule has 2 aliphatic rings. The number of rotatable bonds is 4. The van der Waals surface area contributed by atoms with Crippen molar-refractivity contribution in [2.75, 3.05) is 14.1 Å². The van der Waals surface area contributed by atoms with Crippen LogP contribution in [0.2, 0.25) is 0 Å². The molecule has 0 radical (unpaired) electrons. The third-order valence-corrected chi connectivity index (χ3v) is 7.08. The van der Waals surface area contributed by atoms with Crippen LogP contribution in [0, 0.1) is 26.4 Å². The topological polar surface area (TPSA) is 102 Å². The second-order valence-electron chi connectivity index (χ2n) is 8.64. The third-order valence-electron chi connectivity index (χ3n) is 7.08. The molecule has 3 rings (SSSR count). The second-order valence-corrected chi connectivity index (χ2v) is 8.64. The summed E-state index contributed by atoms with van der Waals surface area (Å²) in [6.45, 7) is 6.21. The zero-order chi connectivity index (χ0) is 20.9. The Balaban J connectivity index is 1.88. The molecule has 2 atom stereocenters. The standard InChI is InChI=1S/C20H25N3O5/c1-18(2)19(3)9-10-20(18,17(25)22(4)5)12-15(19)21-28-16(24)13-7-6-8-14(11-13)23(26)27/h6-8,11H,9-10,12H2,1-5H3. The summed E-state index contributed by atoms with van der Waals surface area (Å²) in [5.74, 6) is -0.690. The number of hydrogen-bond acceptors (Lipinski definition) is 6. The Morgan fingerprint density at radius 1 is 1.21 bits per heavy atom. The monoisotopic (exact) mass is 387 g/mol. The molecule has 0 aromatic heterocycles. The van der Waals surface area contributed by atoms with E-state index in [1.54, 1.807) is 19.0 Å². The number of carbonyl (C=O) groups is 2. The molecule has 0 spiro atoms. The highest BCUT2D eigenvalue weighted by Crippen LogP contribution is 2.71. The van der Waals surface area contributed by atoms with Gasteiger partial charge in [0, 0.05) is 38.1 Å². The van der Waals surface area contributed by atoms with E-state index in [-0.39, 0.29) is 28.0 Å². The van der Waals surface area contributed by atoms with E-state index in [1.807, 2.05) is 0 Å². The number of amides is 1. The summed E-state index contributed by atoms with van der Waals surface area (Å²) in [6.07, 6.45) is 1.99. The molecule has 2 unspecified atom stereocenters. The first-order valence-electron chi connectivity index (χ1n) is 9.21. The van der Waals surface area contributed by atoms with E-state index < -0.39 is 16.3 Å². The predicted molar refractivity (Wildman–Crippen MR) is 103 cm³/mol. The van der Waals surface area contributed by atoms with Gasteiger partial charge in [-0.2, -0.15) is 0 Å². The molecule has 150 valence electrons. The molecule has 28 heavy (non-hydrogen) atoms. The lowest BCUT2D eigenvalue weighted by Gasteiger charge is -2.40. The van der Waals surface area contributed by atoms with Crippen molar-refractivity contribution in [3.8, 4) is 0 Å². The normalized spacial score (nSPS) is 29.0. The van der Waals surface area contributed by atoms with Crippen LogP contribution in [0.5, 0.6) is 0 Å². The molecule has 1 aromatic rings. The number of carbonyl (C=O) groups excluding carboxylic acids is 2. The number of non-ortho nitro benzene ring substituents is 1. The summed E-state index contributed by atoms with van der Waals surface area (Å²) in [7, 11) is 3.50. The maximum atomic E-state index is 13.0. The lowest BCUT2D eigenvalue weighted by atomic mass is 9.64. The molecule has 0 saturated heterocycles. The summed E-state index contributed by atoms with van der Waals surface area (Å²) in [6, 6.07) is 5.33. The molecule has 1 aromatic carbocycles. The smallest absolute Gasteiger partial charge is 0.348 e. The lowest BCUT2D eigenvalue weighted by Crippen LogP contribution is -2.46. The zero-order valence-electron chi connectivity index (χ0n) is 16.8. The van der Waals surface area contributed by atoms with Crippen molar-refractivity contribution < 1.29 is 19.3 Å². The van der Waals surface area contributed by atoms with Crippen LogP contribution in [-0.4, -0.2) is 41.5 Å². The van der Waals surface area contributed by atoms with Crippen molar-refractivity contribution in [3.63, 3.8) is 0 Å². The van der Waals surface area contributed by atoms with E-state index in [0.717, 1.165) is 18.9 Å². The van der Waals surface area contributed by atoms with Gasteiger partial charge in [0.2, 0.25) is 5.91 Å². The van der Waals surface area contributed by atoms with Crippen molar-refractivity contribution >= 4 is 23.3 Å². The molecule has 8 heteroatoms. The van der Waals surface area contributed by atoms with Gasteiger partial charge < -0.3 is 9.74 Å². The lowest BCUT2D eigenvalue weighted by molar-refractivity contribution is -0.384. The van der Waals surface area contributed by atoms with Crippen LogP contribution in [0.15, 0.2) is 29.4 Å². The summed E-state index contributed by atoms with van der Waals surface area (Å²) >= 11 is 0. The van der Waals surface area contributed by atoms with E-state index in [4.69, 9.17) is 4.84 Å².